The standard InChI is InChI=1S/C26H21BrINO4/c1-3-31-24-14-17(7-10-23(24)32-15-18-5-4-6-20(27)12-18)13-22-26(30)33-25(29-22)19-8-9-21(28)16(2)11-19/h4-14H,3,15H2,1-2H3/b22-13-. The predicted molar refractivity (Wildman–Crippen MR) is 141 cm³/mol. The number of cyclic esters (lactones) is 1. The van der Waals surface area contributed by atoms with E-state index in [1.54, 1.807) is 6.08 Å². The van der Waals surface area contributed by atoms with E-state index in [9.17, 15) is 4.79 Å². The molecule has 4 rings (SSSR count). The van der Waals surface area contributed by atoms with Crippen molar-refractivity contribution < 1.29 is 19.0 Å². The summed E-state index contributed by atoms with van der Waals surface area (Å²) in [5.41, 5.74) is 3.93. The maximum absolute atomic E-state index is 12.4. The van der Waals surface area contributed by atoms with Gasteiger partial charge in [-0.3, -0.25) is 0 Å². The number of carbonyl (C=O) groups is 1. The molecular formula is C26H21BrINO4. The van der Waals surface area contributed by atoms with E-state index < -0.39 is 5.97 Å². The number of benzene rings is 3. The highest BCUT2D eigenvalue weighted by Crippen LogP contribution is 2.31. The van der Waals surface area contributed by atoms with Crippen molar-refractivity contribution in [3.8, 4) is 11.5 Å². The lowest BCUT2D eigenvalue weighted by molar-refractivity contribution is -0.129. The lowest BCUT2D eigenvalue weighted by atomic mass is 10.1. The number of nitrogens with zero attached hydrogens (tertiary/aromatic N) is 1. The summed E-state index contributed by atoms with van der Waals surface area (Å²) in [7, 11) is 0. The Hall–Kier alpha value is -2.65. The Morgan fingerprint density at radius 2 is 1.91 bits per heavy atom. The zero-order chi connectivity index (χ0) is 23.4. The van der Waals surface area contributed by atoms with E-state index in [0.717, 1.165) is 30.3 Å². The van der Waals surface area contributed by atoms with Crippen LogP contribution in [0.4, 0.5) is 0 Å². The minimum absolute atomic E-state index is 0.242. The molecule has 7 heteroatoms. The molecule has 1 heterocycles. The average Bonchev–Trinajstić information content (AvgIpc) is 3.15. The molecule has 1 aliphatic heterocycles. The molecule has 0 fully saturated rings. The Bertz CT molecular complexity index is 1270. The highest BCUT2D eigenvalue weighted by molar-refractivity contribution is 14.1. The number of halogens is 2. The molecule has 0 N–H and O–H groups in total. The Labute approximate surface area is 214 Å². The number of hydrogen-bond donors (Lipinski definition) is 0. The molecule has 3 aromatic carbocycles. The maximum atomic E-state index is 12.4. The largest absolute Gasteiger partial charge is 0.490 e. The van der Waals surface area contributed by atoms with Gasteiger partial charge in [-0.05, 0) is 102 Å². The Balaban J connectivity index is 1.56. The Kier molecular flexibility index (Phi) is 7.49. The fourth-order valence-corrected chi connectivity index (χ4v) is 4.04. The molecule has 0 aliphatic carbocycles. The zero-order valence-electron chi connectivity index (χ0n) is 18.1. The third kappa shape index (κ3) is 5.83. The van der Waals surface area contributed by atoms with Crippen LogP contribution in [0.1, 0.15) is 29.2 Å². The molecule has 168 valence electrons. The van der Waals surface area contributed by atoms with Crippen molar-refractivity contribution in [2.24, 2.45) is 4.99 Å². The van der Waals surface area contributed by atoms with Crippen LogP contribution >= 0.6 is 38.5 Å². The maximum Gasteiger partial charge on any atom is 0.363 e. The third-order valence-electron chi connectivity index (χ3n) is 4.88. The van der Waals surface area contributed by atoms with Crippen LogP contribution in [-0.4, -0.2) is 18.5 Å². The summed E-state index contributed by atoms with van der Waals surface area (Å²) in [6, 6.07) is 19.3. The molecule has 0 aromatic heterocycles. The van der Waals surface area contributed by atoms with E-state index in [-0.39, 0.29) is 5.70 Å². The van der Waals surface area contributed by atoms with Crippen molar-refractivity contribution >= 4 is 56.5 Å². The van der Waals surface area contributed by atoms with Gasteiger partial charge in [0.25, 0.3) is 0 Å². The molecule has 0 bridgehead atoms. The predicted octanol–water partition coefficient (Wildman–Crippen LogP) is 6.68. The summed E-state index contributed by atoms with van der Waals surface area (Å²) < 4.78 is 19.3. The minimum atomic E-state index is -0.478. The van der Waals surface area contributed by atoms with Gasteiger partial charge in [0.05, 0.1) is 6.61 Å². The number of hydrogen-bond acceptors (Lipinski definition) is 5. The van der Waals surface area contributed by atoms with Crippen molar-refractivity contribution in [2.45, 2.75) is 20.5 Å². The van der Waals surface area contributed by atoms with E-state index in [1.807, 2.05) is 74.5 Å². The summed E-state index contributed by atoms with van der Waals surface area (Å²) in [4.78, 5) is 16.8. The molecule has 0 radical (unpaired) electrons. The normalized spacial score (nSPS) is 14.2. The average molecular weight is 618 g/mol. The summed E-state index contributed by atoms with van der Waals surface area (Å²) in [5.74, 6) is 1.07. The van der Waals surface area contributed by atoms with Gasteiger partial charge in [-0.2, -0.15) is 0 Å². The van der Waals surface area contributed by atoms with Crippen LogP contribution in [0.25, 0.3) is 6.08 Å². The van der Waals surface area contributed by atoms with Crippen molar-refractivity contribution in [1.29, 1.82) is 0 Å². The van der Waals surface area contributed by atoms with Crippen molar-refractivity contribution in [1.82, 2.24) is 0 Å². The van der Waals surface area contributed by atoms with Crippen LogP contribution in [0.3, 0.4) is 0 Å². The monoisotopic (exact) mass is 617 g/mol. The van der Waals surface area contributed by atoms with Gasteiger partial charge in [-0.25, -0.2) is 9.79 Å². The van der Waals surface area contributed by atoms with Crippen molar-refractivity contribution in [3.05, 3.63) is 96.7 Å². The molecule has 5 nitrogen and oxygen atoms in total. The molecule has 0 amide bonds. The van der Waals surface area contributed by atoms with E-state index in [2.05, 4.69) is 43.5 Å². The highest BCUT2D eigenvalue weighted by Gasteiger charge is 2.24. The Morgan fingerprint density at radius 1 is 1.06 bits per heavy atom. The van der Waals surface area contributed by atoms with E-state index in [0.29, 0.717) is 30.6 Å². The second-order valence-electron chi connectivity index (χ2n) is 7.36. The molecular weight excluding hydrogens is 597 g/mol. The van der Waals surface area contributed by atoms with Crippen LogP contribution in [0.5, 0.6) is 11.5 Å². The Morgan fingerprint density at radius 3 is 2.67 bits per heavy atom. The van der Waals surface area contributed by atoms with Crippen molar-refractivity contribution in [2.75, 3.05) is 6.61 Å². The first-order valence-corrected chi connectivity index (χ1v) is 12.2. The number of aryl methyl sites for hydroxylation is 1. The van der Waals surface area contributed by atoms with Gasteiger partial charge < -0.3 is 14.2 Å². The third-order valence-corrected chi connectivity index (χ3v) is 6.58. The number of rotatable bonds is 7. The lowest BCUT2D eigenvalue weighted by Crippen LogP contribution is -2.05. The van der Waals surface area contributed by atoms with Gasteiger partial charge in [-0.15, -0.1) is 0 Å². The first kappa shape index (κ1) is 23.5. The number of aliphatic imine (C=N–C) groups is 1. The van der Waals surface area contributed by atoms with E-state index in [4.69, 9.17) is 14.2 Å². The first-order valence-electron chi connectivity index (χ1n) is 10.4. The second kappa shape index (κ2) is 10.5. The lowest BCUT2D eigenvalue weighted by Gasteiger charge is -2.13. The second-order valence-corrected chi connectivity index (χ2v) is 9.44. The van der Waals surface area contributed by atoms with Crippen LogP contribution in [0, 0.1) is 10.5 Å². The SMILES string of the molecule is CCOc1cc(/C=C2\N=C(c3ccc(I)c(C)c3)OC2=O)ccc1OCc1cccc(Br)c1. The molecule has 1 aliphatic rings. The van der Waals surface area contributed by atoms with Crippen LogP contribution in [0.15, 0.2) is 75.8 Å². The minimum Gasteiger partial charge on any atom is -0.490 e. The summed E-state index contributed by atoms with van der Waals surface area (Å²) in [6.45, 7) is 4.82. The molecule has 0 spiro atoms. The van der Waals surface area contributed by atoms with Gasteiger partial charge in [0.2, 0.25) is 5.90 Å². The fourth-order valence-electron chi connectivity index (χ4n) is 3.26. The number of ether oxygens (including phenoxy) is 3. The summed E-state index contributed by atoms with van der Waals surface area (Å²) >= 11 is 5.74. The van der Waals surface area contributed by atoms with Gasteiger partial charge in [-0.1, -0.05) is 34.1 Å². The zero-order valence-corrected chi connectivity index (χ0v) is 21.8. The molecule has 0 saturated heterocycles. The smallest absolute Gasteiger partial charge is 0.363 e. The molecule has 0 atom stereocenters. The fraction of sp³-hybridized carbons (Fsp3) is 0.154. The molecule has 33 heavy (non-hydrogen) atoms. The number of carbonyl (C=O) groups excluding carboxylic acids is 1. The topological polar surface area (TPSA) is 57.1 Å². The van der Waals surface area contributed by atoms with E-state index >= 15 is 0 Å². The summed E-state index contributed by atoms with van der Waals surface area (Å²) in [6.07, 6.45) is 1.69. The van der Waals surface area contributed by atoms with Gasteiger partial charge in [0, 0.05) is 13.6 Å². The quantitative estimate of drug-likeness (QED) is 0.169. The molecule has 3 aromatic rings. The van der Waals surface area contributed by atoms with Gasteiger partial charge in [0.1, 0.15) is 6.61 Å². The van der Waals surface area contributed by atoms with Gasteiger partial charge >= 0.3 is 5.97 Å². The first-order chi connectivity index (χ1) is 15.9. The van der Waals surface area contributed by atoms with Gasteiger partial charge in [0.15, 0.2) is 17.2 Å². The summed E-state index contributed by atoms with van der Waals surface area (Å²) in [5, 5.41) is 0. The van der Waals surface area contributed by atoms with Crippen LogP contribution < -0.4 is 9.47 Å². The van der Waals surface area contributed by atoms with E-state index in [1.165, 1.54) is 0 Å². The molecule has 0 unspecified atom stereocenters. The van der Waals surface area contributed by atoms with Crippen molar-refractivity contribution in [3.63, 3.8) is 0 Å². The number of esters is 1. The molecule has 0 saturated carbocycles. The van der Waals surface area contributed by atoms with Crippen LogP contribution in [0.2, 0.25) is 0 Å². The highest BCUT2D eigenvalue weighted by atomic mass is 127. The van der Waals surface area contributed by atoms with Crippen LogP contribution in [-0.2, 0) is 16.1 Å².